The Hall–Kier alpha value is -0.800. The largest absolute Gasteiger partial charge is 0.359 e. The summed E-state index contributed by atoms with van der Waals surface area (Å²) >= 11 is 11.4. The Morgan fingerprint density at radius 2 is 1.94 bits per heavy atom. The molecule has 1 rings (SSSR count). The number of halogens is 1. The zero-order valence-corrected chi connectivity index (χ0v) is 13.2. The number of hydrogen-bond donors (Lipinski definition) is 2. The zero-order valence-electron chi connectivity index (χ0n) is 11.6. The molecule has 0 saturated heterocycles. The van der Waals surface area contributed by atoms with E-state index in [0.29, 0.717) is 5.11 Å². The number of benzene rings is 1. The first-order chi connectivity index (χ1) is 8.21. The molecule has 1 aromatic rings. The average molecular weight is 285 g/mol. The molecule has 0 radical (unpaired) electrons. The number of thiocarbonyl (C=S) groups is 1. The second kappa shape index (κ2) is 5.89. The zero-order chi connectivity index (χ0) is 13.9. The average Bonchev–Trinajstić information content (AvgIpc) is 2.23. The van der Waals surface area contributed by atoms with Crippen molar-refractivity contribution < 1.29 is 0 Å². The van der Waals surface area contributed by atoms with Crippen LogP contribution < -0.4 is 10.6 Å². The number of hydrogen-bond acceptors (Lipinski definition) is 1. The lowest BCUT2D eigenvalue weighted by molar-refractivity contribution is 0.317. The maximum absolute atomic E-state index is 6.07. The summed E-state index contributed by atoms with van der Waals surface area (Å²) in [6.07, 6.45) is 0. The fraction of sp³-hybridized carbons (Fsp3) is 0.500. The Labute approximate surface area is 120 Å². The normalized spacial score (nSPS) is 13.0. The van der Waals surface area contributed by atoms with Crippen LogP contribution in [0, 0.1) is 12.3 Å². The summed E-state index contributed by atoms with van der Waals surface area (Å²) in [6.45, 7) is 10.6. The molecule has 100 valence electrons. The first kappa shape index (κ1) is 15.3. The van der Waals surface area contributed by atoms with Crippen molar-refractivity contribution in [3.05, 3.63) is 28.8 Å². The van der Waals surface area contributed by atoms with E-state index in [0.717, 1.165) is 16.3 Å². The highest BCUT2D eigenvalue weighted by Gasteiger charge is 2.20. The summed E-state index contributed by atoms with van der Waals surface area (Å²) in [4.78, 5) is 0. The molecule has 0 aliphatic rings. The van der Waals surface area contributed by atoms with Crippen molar-refractivity contribution in [1.29, 1.82) is 0 Å². The summed E-state index contributed by atoms with van der Waals surface area (Å²) in [5.74, 6) is 0. The van der Waals surface area contributed by atoms with Crippen molar-refractivity contribution in [2.45, 2.75) is 40.7 Å². The van der Waals surface area contributed by atoms with Crippen molar-refractivity contribution in [2.24, 2.45) is 5.41 Å². The van der Waals surface area contributed by atoms with Gasteiger partial charge in [-0.15, -0.1) is 0 Å². The highest BCUT2D eigenvalue weighted by molar-refractivity contribution is 7.80. The molecule has 0 aliphatic heterocycles. The first-order valence-corrected chi connectivity index (χ1v) is 6.83. The van der Waals surface area contributed by atoms with Crippen LogP contribution in [0.5, 0.6) is 0 Å². The molecule has 1 aromatic carbocycles. The van der Waals surface area contributed by atoms with Gasteiger partial charge in [0, 0.05) is 16.8 Å². The molecule has 2 nitrogen and oxygen atoms in total. The van der Waals surface area contributed by atoms with Crippen molar-refractivity contribution >= 4 is 34.6 Å². The lowest BCUT2D eigenvalue weighted by Crippen LogP contribution is -2.43. The summed E-state index contributed by atoms with van der Waals surface area (Å²) in [5.41, 5.74) is 2.11. The second-order valence-corrected chi connectivity index (χ2v) is 6.41. The van der Waals surface area contributed by atoms with Crippen molar-refractivity contribution in [2.75, 3.05) is 5.32 Å². The maximum atomic E-state index is 6.07. The van der Waals surface area contributed by atoms with Gasteiger partial charge in [0.2, 0.25) is 0 Å². The van der Waals surface area contributed by atoms with E-state index in [1.807, 2.05) is 25.1 Å². The summed E-state index contributed by atoms with van der Waals surface area (Å²) in [5, 5.41) is 7.85. The summed E-state index contributed by atoms with van der Waals surface area (Å²) < 4.78 is 0. The van der Waals surface area contributed by atoms with Gasteiger partial charge in [0.05, 0.1) is 0 Å². The molecule has 4 heteroatoms. The van der Waals surface area contributed by atoms with E-state index in [1.165, 1.54) is 0 Å². The van der Waals surface area contributed by atoms with Crippen LogP contribution in [-0.4, -0.2) is 11.2 Å². The number of anilines is 1. The molecule has 0 heterocycles. The summed E-state index contributed by atoms with van der Waals surface area (Å²) in [7, 11) is 0. The second-order valence-electron chi connectivity index (χ2n) is 5.60. The highest BCUT2D eigenvalue weighted by atomic mass is 35.5. The molecule has 0 fully saturated rings. The molecule has 18 heavy (non-hydrogen) atoms. The fourth-order valence-corrected chi connectivity index (χ4v) is 1.78. The van der Waals surface area contributed by atoms with Crippen LogP contribution >= 0.6 is 23.8 Å². The SMILES string of the molecule is Cc1c(Cl)cccc1NC(=S)NC(C)C(C)(C)C. The smallest absolute Gasteiger partial charge is 0.171 e. The van der Waals surface area contributed by atoms with Gasteiger partial charge < -0.3 is 10.6 Å². The molecular weight excluding hydrogens is 264 g/mol. The number of rotatable bonds is 2. The van der Waals surface area contributed by atoms with Gasteiger partial charge >= 0.3 is 0 Å². The molecule has 0 amide bonds. The monoisotopic (exact) mass is 284 g/mol. The van der Waals surface area contributed by atoms with Gasteiger partial charge in [-0.05, 0) is 49.2 Å². The third-order valence-electron chi connectivity index (χ3n) is 3.16. The van der Waals surface area contributed by atoms with Crippen LogP contribution in [-0.2, 0) is 0 Å². The standard InChI is InChI=1S/C14H21ClN2S/c1-9-11(15)7-6-8-12(9)17-13(18)16-10(2)14(3,4)5/h6-8,10H,1-5H3,(H2,16,17,18). The Bertz CT molecular complexity index is 438. The predicted octanol–water partition coefficient (Wildman–Crippen LogP) is 4.37. The molecule has 0 saturated carbocycles. The van der Waals surface area contributed by atoms with Gasteiger partial charge in [0.1, 0.15) is 0 Å². The van der Waals surface area contributed by atoms with E-state index >= 15 is 0 Å². The molecular formula is C14H21ClN2S. The molecule has 2 N–H and O–H groups in total. The minimum absolute atomic E-state index is 0.162. The Balaban J connectivity index is 2.69. The lowest BCUT2D eigenvalue weighted by atomic mass is 9.88. The van der Waals surface area contributed by atoms with Gasteiger partial charge in [-0.1, -0.05) is 38.4 Å². The quantitative estimate of drug-likeness (QED) is 0.789. The van der Waals surface area contributed by atoms with Crippen LogP contribution in [0.2, 0.25) is 5.02 Å². The van der Waals surface area contributed by atoms with Crippen molar-refractivity contribution in [3.8, 4) is 0 Å². The van der Waals surface area contributed by atoms with Crippen LogP contribution in [0.1, 0.15) is 33.3 Å². The van der Waals surface area contributed by atoms with Gasteiger partial charge in [0.25, 0.3) is 0 Å². The topological polar surface area (TPSA) is 24.1 Å². The van der Waals surface area contributed by atoms with Crippen LogP contribution in [0.25, 0.3) is 0 Å². The number of nitrogens with one attached hydrogen (secondary N) is 2. The third kappa shape index (κ3) is 4.14. The molecule has 1 unspecified atom stereocenters. The van der Waals surface area contributed by atoms with Gasteiger partial charge in [0.15, 0.2) is 5.11 Å². The first-order valence-electron chi connectivity index (χ1n) is 6.04. The lowest BCUT2D eigenvalue weighted by Gasteiger charge is -2.29. The van der Waals surface area contributed by atoms with Crippen LogP contribution in [0.3, 0.4) is 0 Å². The predicted molar refractivity (Wildman–Crippen MR) is 84.5 cm³/mol. The Kier molecular flexibility index (Phi) is 5.00. The minimum atomic E-state index is 0.162. The van der Waals surface area contributed by atoms with Crippen molar-refractivity contribution in [1.82, 2.24) is 5.32 Å². The van der Waals surface area contributed by atoms with Crippen LogP contribution in [0.15, 0.2) is 18.2 Å². The highest BCUT2D eigenvalue weighted by Crippen LogP contribution is 2.23. The van der Waals surface area contributed by atoms with Crippen LogP contribution in [0.4, 0.5) is 5.69 Å². The van der Waals surface area contributed by atoms with E-state index in [1.54, 1.807) is 0 Å². The maximum Gasteiger partial charge on any atom is 0.171 e. The van der Waals surface area contributed by atoms with Crippen molar-refractivity contribution in [3.63, 3.8) is 0 Å². The van der Waals surface area contributed by atoms with E-state index in [9.17, 15) is 0 Å². The molecule has 0 bridgehead atoms. The third-order valence-corrected chi connectivity index (χ3v) is 3.79. The van der Waals surface area contributed by atoms with E-state index in [4.69, 9.17) is 23.8 Å². The van der Waals surface area contributed by atoms with E-state index < -0.39 is 0 Å². The van der Waals surface area contributed by atoms with Gasteiger partial charge in [-0.2, -0.15) is 0 Å². The fourth-order valence-electron chi connectivity index (χ4n) is 1.31. The van der Waals surface area contributed by atoms with Gasteiger partial charge in [-0.25, -0.2) is 0 Å². The molecule has 0 spiro atoms. The minimum Gasteiger partial charge on any atom is -0.359 e. The Morgan fingerprint density at radius 3 is 2.50 bits per heavy atom. The molecule has 1 atom stereocenters. The van der Waals surface area contributed by atoms with Gasteiger partial charge in [-0.3, -0.25) is 0 Å². The van der Waals surface area contributed by atoms with E-state index in [2.05, 4.69) is 38.3 Å². The Morgan fingerprint density at radius 1 is 1.33 bits per heavy atom. The van der Waals surface area contributed by atoms with E-state index in [-0.39, 0.29) is 11.5 Å². The summed E-state index contributed by atoms with van der Waals surface area (Å²) in [6, 6.07) is 6.04. The molecule has 0 aromatic heterocycles. The molecule has 0 aliphatic carbocycles.